The molecule has 0 saturated carbocycles. The summed E-state index contributed by atoms with van der Waals surface area (Å²) >= 11 is 0. The van der Waals surface area contributed by atoms with Crippen LogP contribution in [0, 0.1) is 0 Å². The molecule has 0 radical (unpaired) electrons. The molecule has 3 N–H and O–H groups in total. The van der Waals surface area contributed by atoms with Gasteiger partial charge in [-0.1, -0.05) is 26.0 Å². The maximum absolute atomic E-state index is 9.76. The van der Waals surface area contributed by atoms with E-state index in [0.29, 0.717) is 18.9 Å². The number of aryl methyl sites for hydroxylation is 1. The van der Waals surface area contributed by atoms with Crippen LogP contribution in [0.5, 0.6) is 5.75 Å². The summed E-state index contributed by atoms with van der Waals surface area (Å²) < 4.78 is 5.65. The van der Waals surface area contributed by atoms with Crippen molar-refractivity contribution in [2.45, 2.75) is 58.6 Å². The van der Waals surface area contributed by atoms with E-state index in [1.54, 1.807) is 0 Å². The van der Waals surface area contributed by atoms with Gasteiger partial charge in [0, 0.05) is 6.04 Å². The lowest BCUT2D eigenvalue weighted by atomic mass is 9.96. The number of aliphatic hydroxyl groups is 1. The molecule has 1 rings (SSSR count). The number of hydrogen-bond donors (Lipinski definition) is 2. The molecule has 0 saturated heterocycles. The molecule has 0 fully saturated rings. The van der Waals surface area contributed by atoms with Crippen molar-refractivity contribution < 1.29 is 9.84 Å². The van der Waals surface area contributed by atoms with E-state index in [-0.39, 0.29) is 6.04 Å². The summed E-state index contributed by atoms with van der Waals surface area (Å²) in [6.45, 7) is 8.85. The molecule has 0 spiro atoms. The largest absolute Gasteiger partial charge is 0.494 e. The van der Waals surface area contributed by atoms with Crippen LogP contribution in [-0.4, -0.2) is 23.9 Å². The van der Waals surface area contributed by atoms with Crippen LogP contribution in [0.4, 0.5) is 0 Å². The molecule has 0 bridgehead atoms. The van der Waals surface area contributed by atoms with E-state index in [2.05, 4.69) is 26.0 Å². The van der Waals surface area contributed by atoms with E-state index >= 15 is 0 Å². The molecule has 1 aromatic carbocycles. The molecule has 2 atom stereocenters. The van der Waals surface area contributed by atoms with Gasteiger partial charge in [0.1, 0.15) is 5.75 Å². The monoisotopic (exact) mass is 265 g/mol. The lowest BCUT2D eigenvalue weighted by Gasteiger charge is -2.17. The molecular formula is C16H27NO2. The average molecular weight is 265 g/mol. The van der Waals surface area contributed by atoms with Crippen LogP contribution in [0.1, 0.15) is 51.2 Å². The van der Waals surface area contributed by atoms with Gasteiger partial charge in [-0.15, -0.1) is 0 Å². The lowest BCUT2D eigenvalue weighted by Crippen LogP contribution is -2.31. The van der Waals surface area contributed by atoms with Crippen molar-refractivity contribution in [3.05, 3.63) is 29.3 Å². The molecule has 108 valence electrons. The third-order valence-corrected chi connectivity index (χ3v) is 3.33. The Balaban J connectivity index is 2.78. The topological polar surface area (TPSA) is 55.5 Å². The van der Waals surface area contributed by atoms with Crippen molar-refractivity contribution in [1.29, 1.82) is 0 Å². The summed E-state index contributed by atoms with van der Waals surface area (Å²) in [4.78, 5) is 0. The maximum Gasteiger partial charge on any atom is 0.122 e. The Labute approximate surface area is 116 Å². The highest BCUT2D eigenvalue weighted by Gasteiger charge is 2.12. The summed E-state index contributed by atoms with van der Waals surface area (Å²) in [5.41, 5.74) is 8.13. The standard InChI is InChI=1S/C16H27NO2/c1-5-19-16-9-7-13(10-14(16)11(2)3)6-8-15(18)12(4)17/h7,9-12,15,18H,5-6,8,17H2,1-4H3. The molecule has 0 aliphatic heterocycles. The molecule has 3 nitrogen and oxygen atoms in total. The van der Waals surface area contributed by atoms with Crippen molar-refractivity contribution in [3.8, 4) is 5.75 Å². The second kappa shape index (κ2) is 7.51. The van der Waals surface area contributed by atoms with Crippen molar-refractivity contribution >= 4 is 0 Å². The fourth-order valence-corrected chi connectivity index (χ4v) is 2.07. The molecule has 1 aromatic rings. The van der Waals surface area contributed by atoms with E-state index in [9.17, 15) is 5.11 Å². The van der Waals surface area contributed by atoms with Crippen LogP contribution >= 0.6 is 0 Å². The first-order valence-corrected chi connectivity index (χ1v) is 7.15. The molecule has 0 amide bonds. The van der Waals surface area contributed by atoms with Crippen molar-refractivity contribution in [2.24, 2.45) is 5.73 Å². The molecule has 3 heteroatoms. The van der Waals surface area contributed by atoms with Crippen molar-refractivity contribution in [3.63, 3.8) is 0 Å². The molecule has 0 aliphatic carbocycles. The summed E-state index contributed by atoms with van der Waals surface area (Å²) in [5, 5.41) is 9.76. The normalized spacial score (nSPS) is 14.5. The lowest BCUT2D eigenvalue weighted by molar-refractivity contribution is 0.141. The Morgan fingerprint density at radius 3 is 2.47 bits per heavy atom. The second-order valence-electron chi connectivity index (χ2n) is 5.43. The average Bonchev–Trinajstić information content (AvgIpc) is 2.37. The van der Waals surface area contributed by atoms with Gasteiger partial charge < -0.3 is 15.6 Å². The highest BCUT2D eigenvalue weighted by molar-refractivity contribution is 5.39. The zero-order valence-electron chi connectivity index (χ0n) is 12.5. The number of nitrogens with two attached hydrogens (primary N) is 1. The smallest absolute Gasteiger partial charge is 0.122 e. The first-order valence-electron chi connectivity index (χ1n) is 7.15. The predicted octanol–water partition coefficient (Wildman–Crippen LogP) is 2.85. The number of ether oxygens (including phenoxy) is 1. The van der Waals surface area contributed by atoms with Crippen LogP contribution in [0.25, 0.3) is 0 Å². The number of benzene rings is 1. The third kappa shape index (κ3) is 4.84. The zero-order chi connectivity index (χ0) is 14.4. The Morgan fingerprint density at radius 1 is 1.26 bits per heavy atom. The molecule has 19 heavy (non-hydrogen) atoms. The Kier molecular flexibility index (Phi) is 6.32. The van der Waals surface area contributed by atoms with Gasteiger partial charge in [-0.3, -0.25) is 0 Å². The third-order valence-electron chi connectivity index (χ3n) is 3.33. The van der Waals surface area contributed by atoms with Crippen molar-refractivity contribution in [2.75, 3.05) is 6.61 Å². The van der Waals surface area contributed by atoms with E-state index in [1.807, 2.05) is 19.9 Å². The first-order chi connectivity index (χ1) is 8.95. The second-order valence-corrected chi connectivity index (χ2v) is 5.43. The minimum absolute atomic E-state index is 0.174. The van der Waals surface area contributed by atoms with E-state index in [1.165, 1.54) is 11.1 Å². The van der Waals surface area contributed by atoms with Gasteiger partial charge in [-0.05, 0) is 49.8 Å². The van der Waals surface area contributed by atoms with E-state index < -0.39 is 6.10 Å². The molecule has 0 aromatic heterocycles. The highest BCUT2D eigenvalue weighted by atomic mass is 16.5. The van der Waals surface area contributed by atoms with Gasteiger partial charge in [0.2, 0.25) is 0 Å². The Hall–Kier alpha value is -1.06. The van der Waals surface area contributed by atoms with Gasteiger partial charge in [0.05, 0.1) is 12.7 Å². The van der Waals surface area contributed by atoms with E-state index in [0.717, 1.165) is 12.2 Å². The zero-order valence-corrected chi connectivity index (χ0v) is 12.5. The minimum Gasteiger partial charge on any atom is -0.494 e. The molecular weight excluding hydrogens is 238 g/mol. The maximum atomic E-state index is 9.76. The molecule has 2 unspecified atom stereocenters. The van der Waals surface area contributed by atoms with Crippen LogP contribution in [0.3, 0.4) is 0 Å². The van der Waals surface area contributed by atoms with Crippen molar-refractivity contribution in [1.82, 2.24) is 0 Å². The number of aliphatic hydroxyl groups excluding tert-OH is 1. The first kappa shape index (κ1) is 16.0. The summed E-state index contributed by atoms with van der Waals surface area (Å²) in [7, 11) is 0. The fourth-order valence-electron chi connectivity index (χ4n) is 2.07. The van der Waals surface area contributed by atoms with E-state index in [4.69, 9.17) is 10.5 Å². The number of rotatable bonds is 7. The van der Waals surface area contributed by atoms with Gasteiger partial charge >= 0.3 is 0 Å². The van der Waals surface area contributed by atoms with Crippen LogP contribution in [-0.2, 0) is 6.42 Å². The van der Waals surface area contributed by atoms with Crippen LogP contribution in [0.2, 0.25) is 0 Å². The van der Waals surface area contributed by atoms with Gasteiger partial charge in [-0.2, -0.15) is 0 Å². The summed E-state index contributed by atoms with van der Waals surface area (Å²) in [5.74, 6) is 1.40. The Bertz CT molecular complexity index is 388. The van der Waals surface area contributed by atoms with Gasteiger partial charge in [-0.25, -0.2) is 0 Å². The summed E-state index contributed by atoms with van der Waals surface area (Å²) in [6.07, 6.45) is 1.10. The van der Waals surface area contributed by atoms with Gasteiger partial charge in [0.25, 0.3) is 0 Å². The Morgan fingerprint density at radius 2 is 1.95 bits per heavy atom. The van der Waals surface area contributed by atoms with Crippen LogP contribution < -0.4 is 10.5 Å². The molecule has 0 aliphatic rings. The molecule has 0 heterocycles. The number of hydrogen-bond acceptors (Lipinski definition) is 3. The summed E-state index contributed by atoms with van der Waals surface area (Å²) in [6, 6.07) is 6.12. The fraction of sp³-hybridized carbons (Fsp3) is 0.625. The quantitative estimate of drug-likeness (QED) is 0.797. The van der Waals surface area contributed by atoms with Crippen LogP contribution in [0.15, 0.2) is 18.2 Å². The highest BCUT2D eigenvalue weighted by Crippen LogP contribution is 2.28. The SMILES string of the molecule is CCOc1ccc(CCC(O)C(C)N)cc1C(C)C. The minimum atomic E-state index is -0.436. The predicted molar refractivity (Wildman–Crippen MR) is 79.7 cm³/mol. The van der Waals surface area contributed by atoms with Gasteiger partial charge in [0.15, 0.2) is 0 Å².